The van der Waals surface area contributed by atoms with Crippen LogP contribution in [0.3, 0.4) is 0 Å². The second kappa shape index (κ2) is 6.49. The van der Waals surface area contributed by atoms with E-state index < -0.39 is 10.8 Å². The van der Waals surface area contributed by atoms with Crippen molar-refractivity contribution in [1.82, 2.24) is 4.72 Å². The Labute approximate surface area is 154 Å². The Morgan fingerprint density at radius 2 is 1.96 bits per heavy atom. The van der Waals surface area contributed by atoms with Gasteiger partial charge in [-0.3, -0.25) is 9.11 Å². The van der Waals surface area contributed by atoms with Gasteiger partial charge in [0.1, 0.15) is 16.4 Å². The summed E-state index contributed by atoms with van der Waals surface area (Å²) in [5.41, 5.74) is 1.79. The van der Waals surface area contributed by atoms with Crippen molar-refractivity contribution in [2.24, 2.45) is 0 Å². The van der Waals surface area contributed by atoms with Gasteiger partial charge in [-0.05, 0) is 49.6 Å². The summed E-state index contributed by atoms with van der Waals surface area (Å²) in [6, 6.07) is 15.0. The summed E-state index contributed by atoms with van der Waals surface area (Å²) >= 11 is 0. The van der Waals surface area contributed by atoms with Crippen LogP contribution in [0, 0.1) is 11.3 Å². The smallest absolute Gasteiger partial charge is 0.129 e. The van der Waals surface area contributed by atoms with Gasteiger partial charge in [-0.1, -0.05) is 12.1 Å². The average Bonchev–Trinajstić information content (AvgIpc) is 3.09. The molecule has 7 heteroatoms. The van der Waals surface area contributed by atoms with Crippen molar-refractivity contribution in [3.8, 4) is 17.6 Å². The summed E-state index contributed by atoms with van der Waals surface area (Å²) in [5, 5.41) is 8.98. The molecule has 4 rings (SSSR count). The third-order valence-electron chi connectivity index (χ3n) is 4.91. The van der Waals surface area contributed by atoms with Crippen molar-refractivity contribution in [3.05, 3.63) is 48.0 Å². The number of nitrogens with zero attached hydrogens (tertiary/aromatic N) is 2. The van der Waals surface area contributed by atoms with Gasteiger partial charge in [-0.15, -0.1) is 10.8 Å². The number of benzene rings is 2. The number of nitriles is 1. The number of nitrogens with one attached hydrogen (secondary N) is 1. The van der Waals surface area contributed by atoms with Crippen molar-refractivity contribution in [1.29, 1.82) is 5.26 Å². The largest absolute Gasteiger partial charge is 0.457 e. The molecular formula is C19H21N3O3S. The van der Waals surface area contributed by atoms with Gasteiger partial charge in [0.25, 0.3) is 0 Å². The zero-order valence-corrected chi connectivity index (χ0v) is 15.2. The normalized spacial score (nSPS) is 22.7. The van der Waals surface area contributed by atoms with Crippen LogP contribution in [0.15, 0.2) is 47.4 Å². The predicted octanol–water partition coefficient (Wildman–Crippen LogP) is 4.66. The molecule has 0 spiro atoms. The maximum absolute atomic E-state index is 10.5. The molecule has 0 aliphatic carbocycles. The fraction of sp³-hybridized carbons (Fsp3) is 0.316. The SMILES string of the molecule is CC(C#N)c1ccc(Oc2ccc3c(c2)S(O)(O)NC2CCCN32)cc1. The van der Waals surface area contributed by atoms with Crippen LogP contribution in [0.25, 0.3) is 0 Å². The van der Waals surface area contributed by atoms with Crippen LogP contribution in [0.5, 0.6) is 11.5 Å². The molecule has 0 radical (unpaired) electrons. The minimum Gasteiger partial charge on any atom is -0.457 e. The van der Waals surface area contributed by atoms with Crippen LogP contribution in [-0.4, -0.2) is 21.8 Å². The van der Waals surface area contributed by atoms with Gasteiger partial charge in [0.2, 0.25) is 0 Å². The lowest BCUT2D eigenvalue weighted by Gasteiger charge is -2.46. The zero-order chi connectivity index (χ0) is 18.3. The van der Waals surface area contributed by atoms with E-state index in [0.717, 1.165) is 30.6 Å². The summed E-state index contributed by atoms with van der Waals surface area (Å²) in [6.45, 7) is 2.75. The molecule has 1 saturated heterocycles. The molecule has 0 saturated carbocycles. The van der Waals surface area contributed by atoms with Crippen LogP contribution in [0.4, 0.5) is 5.69 Å². The Hall–Kier alpha value is -2.24. The summed E-state index contributed by atoms with van der Waals surface area (Å²) < 4.78 is 29.8. The molecule has 2 heterocycles. The lowest BCUT2D eigenvalue weighted by molar-refractivity contribution is 0.440. The second-order valence-corrected chi connectivity index (χ2v) is 8.44. The van der Waals surface area contributed by atoms with Gasteiger partial charge in [0.05, 0.1) is 23.8 Å². The molecule has 2 aliphatic heterocycles. The van der Waals surface area contributed by atoms with Crippen LogP contribution in [0.1, 0.15) is 31.2 Å². The lowest BCUT2D eigenvalue weighted by Crippen LogP contribution is -2.46. The van der Waals surface area contributed by atoms with E-state index in [9.17, 15) is 9.11 Å². The molecule has 2 aromatic rings. The molecule has 1 fully saturated rings. The molecule has 3 N–H and O–H groups in total. The van der Waals surface area contributed by atoms with Crippen molar-refractivity contribution in [2.45, 2.75) is 36.7 Å². The van der Waals surface area contributed by atoms with Crippen molar-refractivity contribution in [2.75, 3.05) is 11.4 Å². The van der Waals surface area contributed by atoms with E-state index in [1.165, 1.54) is 0 Å². The lowest BCUT2D eigenvalue weighted by atomic mass is 10.0. The van der Waals surface area contributed by atoms with E-state index in [2.05, 4.69) is 15.7 Å². The summed E-state index contributed by atoms with van der Waals surface area (Å²) in [4.78, 5) is 2.65. The van der Waals surface area contributed by atoms with Crippen molar-refractivity contribution < 1.29 is 13.8 Å². The highest BCUT2D eigenvalue weighted by molar-refractivity contribution is 8.22. The standard InChI is InChI=1S/C19H21N3O3S/c1-13(12-20)14-4-6-15(7-5-14)25-16-8-9-17-18(11-16)26(23,24)21-19-3-2-10-22(17)19/h4-9,11,13,19,21,23-24H,2-3,10H2,1H3. The van der Waals surface area contributed by atoms with Gasteiger partial charge in [-0.25, -0.2) is 0 Å². The number of rotatable bonds is 3. The Balaban J connectivity index is 1.60. The number of ether oxygens (including phenoxy) is 1. The summed E-state index contributed by atoms with van der Waals surface area (Å²) in [7, 11) is -3.04. The van der Waals surface area contributed by atoms with Crippen molar-refractivity contribution in [3.63, 3.8) is 0 Å². The highest BCUT2D eigenvalue weighted by Gasteiger charge is 2.38. The van der Waals surface area contributed by atoms with Crippen LogP contribution < -0.4 is 14.4 Å². The van der Waals surface area contributed by atoms with E-state index in [4.69, 9.17) is 10.00 Å². The Bertz CT molecular complexity index is 863. The average molecular weight is 371 g/mol. The first-order valence-corrected chi connectivity index (χ1v) is 10.2. The van der Waals surface area contributed by atoms with E-state index in [1.54, 1.807) is 6.07 Å². The minimum absolute atomic E-state index is 0.0195. The molecule has 0 amide bonds. The summed E-state index contributed by atoms with van der Waals surface area (Å²) in [5.74, 6) is 1.02. The van der Waals surface area contributed by atoms with Crippen LogP contribution in [-0.2, 0) is 0 Å². The van der Waals surface area contributed by atoms with Crippen molar-refractivity contribution >= 4 is 16.5 Å². The molecule has 26 heavy (non-hydrogen) atoms. The fourth-order valence-electron chi connectivity index (χ4n) is 3.49. The Kier molecular flexibility index (Phi) is 4.29. The molecule has 2 aromatic carbocycles. The number of fused-ring (bicyclic) bond motifs is 3. The first-order chi connectivity index (χ1) is 12.5. The van der Waals surface area contributed by atoms with Gasteiger partial charge < -0.3 is 9.64 Å². The van der Waals surface area contributed by atoms with Crippen LogP contribution >= 0.6 is 10.8 Å². The quantitative estimate of drug-likeness (QED) is 0.727. The maximum atomic E-state index is 10.5. The summed E-state index contributed by atoms with van der Waals surface area (Å²) in [6.07, 6.45) is 1.91. The molecule has 0 bridgehead atoms. The zero-order valence-electron chi connectivity index (χ0n) is 14.4. The van der Waals surface area contributed by atoms with Gasteiger partial charge >= 0.3 is 0 Å². The monoisotopic (exact) mass is 371 g/mol. The third-order valence-corrected chi connectivity index (χ3v) is 6.45. The molecule has 2 atom stereocenters. The highest BCUT2D eigenvalue weighted by Crippen LogP contribution is 2.55. The first-order valence-electron chi connectivity index (χ1n) is 8.61. The van der Waals surface area contributed by atoms with E-state index in [0.29, 0.717) is 16.4 Å². The van der Waals surface area contributed by atoms with Gasteiger partial charge in [0.15, 0.2) is 0 Å². The predicted molar refractivity (Wildman–Crippen MR) is 102 cm³/mol. The molecule has 6 nitrogen and oxygen atoms in total. The van der Waals surface area contributed by atoms with Crippen LogP contribution in [0.2, 0.25) is 0 Å². The Morgan fingerprint density at radius 1 is 1.23 bits per heavy atom. The van der Waals surface area contributed by atoms with E-state index in [1.807, 2.05) is 43.3 Å². The molecular weight excluding hydrogens is 350 g/mol. The molecule has 2 unspecified atom stereocenters. The molecule has 0 aromatic heterocycles. The highest BCUT2D eigenvalue weighted by atomic mass is 32.3. The number of hydrogen-bond donors (Lipinski definition) is 3. The Morgan fingerprint density at radius 3 is 2.69 bits per heavy atom. The van der Waals surface area contributed by atoms with E-state index >= 15 is 0 Å². The number of anilines is 1. The molecule has 136 valence electrons. The fourth-order valence-corrected chi connectivity index (χ4v) is 5.00. The molecule has 2 aliphatic rings. The van der Waals surface area contributed by atoms with Gasteiger partial charge in [-0.2, -0.15) is 9.98 Å². The number of hydrogen-bond acceptors (Lipinski definition) is 6. The first kappa shape index (κ1) is 17.2. The minimum atomic E-state index is -3.04. The topological polar surface area (TPSA) is 88.8 Å². The maximum Gasteiger partial charge on any atom is 0.129 e. The van der Waals surface area contributed by atoms with Gasteiger partial charge in [0, 0.05) is 12.6 Å². The van der Waals surface area contributed by atoms with E-state index in [-0.39, 0.29) is 12.1 Å². The third kappa shape index (κ3) is 3.02. The second-order valence-electron chi connectivity index (χ2n) is 6.67.